The Morgan fingerprint density at radius 3 is 2.16 bits per heavy atom. The number of hydrogen-bond acceptors (Lipinski definition) is 9. The van der Waals surface area contributed by atoms with Gasteiger partial charge in [0, 0.05) is 83.1 Å². The van der Waals surface area contributed by atoms with Gasteiger partial charge < -0.3 is 14.5 Å². The van der Waals surface area contributed by atoms with Crippen molar-refractivity contribution in [2.24, 2.45) is 0 Å². The summed E-state index contributed by atoms with van der Waals surface area (Å²) in [6.45, 7) is 6.90. The van der Waals surface area contributed by atoms with Gasteiger partial charge in [0.2, 0.25) is 16.0 Å². The van der Waals surface area contributed by atoms with E-state index in [0.717, 1.165) is 31.9 Å². The van der Waals surface area contributed by atoms with Crippen LogP contribution in [0.1, 0.15) is 23.1 Å². The van der Waals surface area contributed by atoms with E-state index in [4.69, 9.17) is 4.74 Å². The van der Waals surface area contributed by atoms with Crippen molar-refractivity contribution in [2.75, 3.05) is 56.7 Å². The fraction of sp³-hybridized carbons (Fsp3) is 0.407. The quantitative estimate of drug-likeness (QED) is 0.385. The summed E-state index contributed by atoms with van der Waals surface area (Å²) >= 11 is 0. The van der Waals surface area contributed by atoms with Crippen molar-refractivity contribution >= 4 is 27.4 Å². The highest BCUT2D eigenvalue weighted by atomic mass is 32.2. The number of carbonyl (C=O) groups is 1. The normalized spacial score (nSPS) is 14.1. The Balaban J connectivity index is 1.29. The van der Waals surface area contributed by atoms with Crippen molar-refractivity contribution < 1.29 is 17.9 Å². The van der Waals surface area contributed by atoms with Gasteiger partial charge in [-0.2, -0.15) is 0 Å². The Morgan fingerprint density at radius 2 is 1.58 bits per heavy atom. The summed E-state index contributed by atoms with van der Waals surface area (Å²) in [6.07, 6.45) is 7.21. The zero-order valence-electron chi connectivity index (χ0n) is 22.3. The van der Waals surface area contributed by atoms with Crippen LogP contribution in [0.4, 0.5) is 11.6 Å². The first kappa shape index (κ1) is 27.5. The van der Waals surface area contributed by atoms with Gasteiger partial charge in [0.15, 0.2) is 0 Å². The SMILES string of the molecule is COc1cc(C)c(S(=O)(=O)N(C)CCC(=O)Cc2cnc(N3CCN(c4ccncc4)CC3)nc2)c(C)c1. The number of nitrogens with zero attached hydrogens (tertiary/aromatic N) is 6. The fourth-order valence-corrected chi connectivity index (χ4v) is 6.21. The lowest BCUT2D eigenvalue weighted by Crippen LogP contribution is -2.47. The smallest absolute Gasteiger partial charge is 0.243 e. The molecule has 1 fully saturated rings. The number of benzene rings is 1. The molecule has 1 saturated heterocycles. The Hall–Kier alpha value is -3.57. The molecule has 202 valence electrons. The number of piperazine rings is 1. The lowest BCUT2D eigenvalue weighted by atomic mass is 10.1. The van der Waals surface area contributed by atoms with Crippen LogP contribution < -0.4 is 14.5 Å². The van der Waals surface area contributed by atoms with Gasteiger partial charge >= 0.3 is 0 Å². The zero-order chi connectivity index (χ0) is 27.3. The molecule has 3 aromatic rings. The molecule has 4 rings (SSSR count). The molecular formula is C27H34N6O4S. The van der Waals surface area contributed by atoms with E-state index in [2.05, 4.69) is 24.8 Å². The van der Waals surface area contributed by atoms with Crippen LogP contribution in [-0.2, 0) is 21.2 Å². The maximum Gasteiger partial charge on any atom is 0.243 e. The molecule has 0 radical (unpaired) electrons. The van der Waals surface area contributed by atoms with Crippen LogP contribution in [-0.4, -0.2) is 80.3 Å². The summed E-state index contributed by atoms with van der Waals surface area (Å²) in [4.78, 5) is 30.4. The molecular weight excluding hydrogens is 504 g/mol. The van der Waals surface area contributed by atoms with Gasteiger partial charge in [-0.05, 0) is 54.8 Å². The molecule has 3 heterocycles. The highest BCUT2D eigenvalue weighted by Gasteiger charge is 2.26. The topological polar surface area (TPSA) is 109 Å². The van der Waals surface area contributed by atoms with E-state index in [1.807, 2.05) is 12.1 Å². The molecule has 0 bridgehead atoms. The van der Waals surface area contributed by atoms with Crippen LogP contribution in [0.2, 0.25) is 0 Å². The third-order valence-electron chi connectivity index (χ3n) is 6.73. The standard InChI is InChI=1S/C27H34N6O4S/c1-20-15-25(37-4)16-21(2)26(20)38(35,36)31(3)10-7-24(34)17-22-18-29-27(30-19-22)33-13-11-32(12-14-33)23-5-8-28-9-6-23/h5-6,8-9,15-16,18-19H,7,10-14,17H2,1-4H3. The summed E-state index contributed by atoms with van der Waals surface area (Å²) in [6, 6.07) is 7.41. The van der Waals surface area contributed by atoms with Crippen LogP contribution in [0.5, 0.6) is 5.75 Å². The van der Waals surface area contributed by atoms with Gasteiger partial charge in [-0.25, -0.2) is 22.7 Å². The van der Waals surface area contributed by atoms with Crippen LogP contribution in [0, 0.1) is 13.8 Å². The van der Waals surface area contributed by atoms with Crippen LogP contribution >= 0.6 is 0 Å². The van der Waals surface area contributed by atoms with E-state index >= 15 is 0 Å². The number of carbonyl (C=O) groups excluding carboxylic acids is 1. The second-order valence-corrected chi connectivity index (χ2v) is 11.4. The molecule has 11 heteroatoms. The first-order valence-electron chi connectivity index (χ1n) is 12.5. The minimum Gasteiger partial charge on any atom is -0.497 e. The molecule has 0 atom stereocenters. The minimum atomic E-state index is -3.74. The van der Waals surface area contributed by atoms with E-state index in [-0.39, 0.29) is 30.1 Å². The lowest BCUT2D eigenvalue weighted by Gasteiger charge is -2.36. The molecule has 1 aliphatic heterocycles. The van der Waals surface area contributed by atoms with Crippen LogP contribution in [0.25, 0.3) is 0 Å². The predicted octanol–water partition coefficient (Wildman–Crippen LogP) is 2.65. The van der Waals surface area contributed by atoms with E-state index in [0.29, 0.717) is 28.4 Å². The lowest BCUT2D eigenvalue weighted by molar-refractivity contribution is -0.118. The molecule has 10 nitrogen and oxygen atoms in total. The fourth-order valence-electron chi connectivity index (χ4n) is 4.63. The largest absolute Gasteiger partial charge is 0.497 e. The second kappa shape index (κ2) is 11.9. The number of sulfonamides is 1. The Labute approximate surface area is 224 Å². The second-order valence-electron chi connectivity index (χ2n) is 9.45. The number of aryl methyl sites for hydroxylation is 2. The number of ketones is 1. The van der Waals surface area contributed by atoms with Gasteiger partial charge in [-0.15, -0.1) is 0 Å². The number of pyridine rings is 1. The van der Waals surface area contributed by atoms with E-state index in [9.17, 15) is 13.2 Å². The van der Waals surface area contributed by atoms with Crippen LogP contribution in [0.15, 0.2) is 53.9 Å². The summed E-state index contributed by atoms with van der Waals surface area (Å²) < 4.78 is 32.8. The maximum absolute atomic E-state index is 13.2. The van der Waals surface area contributed by atoms with Crippen molar-refractivity contribution in [3.63, 3.8) is 0 Å². The molecule has 38 heavy (non-hydrogen) atoms. The minimum absolute atomic E-state index is 0.0717. The van der Waals surface area contributed by atoms with Crippen molar-refractivity contribution in [2.45, 2.75) is 31.6 Å². The molecule has 0 amide bonds. The average Bonchev–Trinajstić information content (AvgIpc) is 2.92. The molecule has 1 aromatic carbocycles. The number of rotatable bonds is 10. The van der Waals surface area contributed by atoms with Gasteiger partial charge in [0.1, 0.15) is 11.5 Å². The zero-order valence-corrected chi connectivity index (χ0v) is 23.1. The van der Waals surface area contributed by atoms with Crippen molar-refractivity contribution in [3.8, 4) is 5.75 Å². The summed E-state index contributed by atoms with van der Waals surface area (Å²) in [7, 11) is -0.701. The predicted molar refractivity (Wildman–Crippen MR) is 146 cm³/mol. The maximum atomic E-state index is 13.2. The number of aromatic nitrogens is 3. The van der Waals surface area contributed by atoms with Gasteiger partial charge in [-0.1, -0.05) is 0 Å². The van der Waals surface area contributed by atoms with E-state index in [1.165, 1.54) is 11.4 Å². The van der Waals surface area contributed by atoms with E-state index < -0.39 is 10.0 Å². The molecule has 2 aromatic heterocycles. The molecule has 0 spiro atoms. The summed E-state index contributed by atoms with van der Waals surface area (Å²) in [5.41, 5.74) is 3.08. The molecule has 1 aliphatic rings. The molecule has 0 aliphatic carbocycles. The van der Waals surface area contributed by atoms with Crippen LogP contribution in [0.3, 0.4) is 0 Å². The number of ether oxygens (including phenoxy) is 1. The first-order valence-corrected chi connectivity index (χ1v) is 14.0. The highest BCUT2D eigenvalue weighted by Crippen LogP contribution is 2.28. The summed E-state index contributed by atoms with van der Waals surface area (Å²) in [5, 5.41) is 0. The van der Waals surface area contributed by atoms with Gasteiger partial charge in [0.05, 0.1) is 12.0 Å². The van der Waals surface area contributed by atoms with E-state index in [1.54, 1.807) is 57.9 Å². The number of anilines is 2. The van der Waals surface area contributed by atoms with Crippen molar-refractivity contribution in [1.29, 1.82) is 0 Å². The number of hydrogen-bond donors (Lipinski definition) is 0. The molecule has 0 saturated carbocycles. The first-order chi connectivity index (χ1) is 18.2. The number of Topliss-reactive ketones (excluding diaryl/α,β-unsaturated/α-hetero) is 1. The number of methoxy groups -OCH3 is 1. The molecule has 0 N–H and O–H groups in total. The monoisotopic (exact) mass is 538 g/mol. The third-order valence-corrected chi connectivity index (χ3v) is 8.89. The van der Waals surface area contributed by atoms with Crippen molar-refractivity contribution in [1.82, 2.24) is 19.3 Å². The highest BCUT2D eigenvalue weighted by molar-refractivity contribution is 7.89. The third kappa shape index (κ3) is 6.28. The van der Waals surface area contributed by atoms with Gasteiger partial charge in [-0.3, -0.25) is 9.78 Å². The van der Waals surface area contributed by atoms with Gasteiger partial charge in [0.25, 0.3) is 0 Å². The van der Waals surface area contributed by atoms with Crippen molar-refractivity contribution in [3.05, 3.63) is 65.7 Å². The Kier molecular flexibility index (Phi) is 8.58. The Morgan fingerprint density at radius 1 is 1.00 bits per heavy atom. The Bertz CT molecular complexity index is 1340. The average molecular weight is 539 g/mol. The summed E-state index contributed by atoms with van der Waals surface area (Å²) in [5.74, 6) is 1.18. The molecule has 0 unspecified atom stereocenters.